The van der Waals surface area contributed by atoms with Crippen LogP contribution in [0.25, 0.3) is 0 Å². The summed E-state index contributed by atoms with van der Waals surface area (Å²) in [5.74, 6) is -0.0955. The SMILES string of the molecule is CSc1ccc(N2CC(C(=O)N(C)C3CCNC3)CC2=O)cc1. The van der Waals surface area contributed by atoms with Gasteiger partial charge in [0.2, 0.25) is 11.8 Å². The van der Waals surface area contributed by atoms with Crippen LogP contribution >= 0.6 is 11.8 Å². The zero-order valence-corrected chi connectivity index (χ0v) is 14.4. The van der Waals surface area contributed by atoms with E-state index in [1.54, 1.807) is 16.7 Å². The molecular formula is C17H23N3O2S. The third-order valence-electron chi connectivity index (χ3n) is 4.79. The van der Waals surface area contributed by atoms with Crippen molar-refractivity contribution in [3.8, 4) is 0 Å². The number of rotatable bonds is 4. The lowest BCUT2D eigenvalue weighted by atomic mass is 10.1. The molecule has 0 radical (unpaired) electrons. The molecule has 2 aliphatic rings. The molecule has 2 heterocycles. The highest BCUT2D eigenvalue weighted by Crippen LogP contribution is 2.28. The van der Waals surface area contributed by atoms with Crippen molar-refractivity contribution >= 4 is 29.3 Å². The largest absolute Gasteiger partial charge is 0.341 e. The molecule has 2 unspecified atom stereocenters. The third-order valence-corrected chi connectivity index (χ3v) is 5.53. The lowest BCUT2D eigenvalue weighted by molar-refractivity contribution is -0.136. The van der Waals surface area contributed by atoms with E-state index in [2.05, 4.69) is 5.32 Å². The highest BCUT2D eigenvalue weighted by molar-refractivity contribution is 7.98. The van der Waals surface area contributed by atoms with E-state index in [0.29, 0.717) is 13.0 Å². The van der Waals surface area contributed by atoms with Crippen LogP contribution in [0.15, 0.2) is 29.2 Å². The summed E-state index contributed by atoms with van der Waals surface area (Å²) >= 11 is 1.67. The second-order valence-corrected chi connectivity index (χ2v) is 7.08. The van der Waals surface area contributed by atoms with E-state index in [-0.39, 0.29) is 23.8 Å². The van der Waals surface area contributed by atoms with Gasteiger partial charge in [-0.25, -0.2) is 0 Å². The zero-order valence-electron chi connectivity index (χ0n) is 13.6. The molecule has 3 rings (SSSR count). The van der Waals surface area contributed by atoms with Gasteiger partial charge in [-0.3, -0.25) is 9.59 Å². The number of carbonyl (C=O) groups is 2. The van der Waals surface area contributed by atoms with E-state index in [1.165, 1.54) is 4.90 Å². The number of nitrogens with zero attached hydrogens (tertiary/aromatic N) is 2. The van der Waals surface area contributed by atoms with E-state index in [0.717, 1.165) is 25.2 Å². The molecule has 1 N–H and O–H groups in total. The number of anilines is 1. The standard InChI is InChI=1S/C17H23N3O2S/c1-19(14-7-8-18-10-14)17(22)12-9-16(21)20(11-12)13-3-5-15(23-2)6-4-13/h3-6,12,14,18H,7-11H2,1-2H3. The highest BCUT2D eigenvalue weighted by atomic mass is 32.2. The van der Waals surface area contributed by atoms with Crippen molar-refractivity contribution in [2.24, 2.45) is 5.92 Å². The minimum atomic E-state index is -0.228. The zero-order chi connectivity index (χ0) is 16.4. The molecule has 2 fully saturated rings. The molecule has 5 nitrogen and oxygen atoms in total. The Morgan fingerprint density at radius 1 is 1.35 bits per heavy atom. The van der Waals surface area contributed by atoms with Crippen LogP contribution in [0, 0.1) is 5.92 Å². The van der Waals surface area contributed by atoms with Gasteiger partial charge in [-0.05, 0) is 43.5 Å². The summed E-state index contributed by atoms with van der Waals surface area (Å²) in [5.41, 5.74) is 0.883. The number of hydrogen-bond donors (Lipinski definition) is 1. The van der Waals surface area contributed by atoms with Gasteiger partial charge in [0.05, 0.1) is 5.92 Å². The van der Waals surface area contributed by atoms with E-state index >= 15 is 0 Å². The van der Waals surface area contributed by atoms with Crippen LogP contribution in [-0.2, 0) is 9.59 Å². The Morgan fingerprint density at radius 2 is 2.09 bits per heavy atom. The van der Waals surface area contributed by atoms with Crippen LogP contribution in [0.4, 0.5) is 5.69 Å². The van der Waals surface area contributed by atoms with Crippen molar-refractivity contribution in [1.29, 1.82) is 0 Å². The summed E-state index contributed by atoms with van der Waals surface area (Å²) in [7, 11) is 1.86. The van der Waals surface area contributed by atoms with Gasteiger partial charge in [0.1, 0.15) is 0 Å². The maximum absolute atomic E-state index is 12.7. The van der Waals surface area contributed by atoms with Gasteiger partial charge < -0.3 is 15.1 Å². The molecule has 2 atom stereocenters. The van der Waals surface area contributed by atoms with Crippen molar-refractivity contribution < 1.29 is 9.59 Å². The first kappa shape index (κ1) is 16.3. The maximum Gasteiger partial charge on any atom is 0.228 e. The van der Waals surface area contributed by atoms with E-state index in [9.17, 15) is 9.59 Å². The molecule has 124 valence electrons. The van der Waals surface area contributed by atoms with Gasteiger partial charge in [0, 0.05) is 43.2 Å². The van der Waals surface area contributed by atoms with Gasteiger partial charge >= 0.3 is 0 Å². The molecule has 1 aromatic rings. The summed E-state index contributed by atoms with van der Waals surface area (Å²) in [6, 6.07) is 8.20. The Bertz CT molecular complexity index is 584. The minimum absolute atomic E-state index is 0.0400. The molecule has 2 amide bonds. The predicted octanol–water partition coefficient (Wildman–Crippen LogP) is 1.58. The van der Waals surface area contributed by atoms with Crippen molar-refractivity contribution in [2.45, 2.75) is 23.8 Å². The van der Waals surface area contributed by atoms with Crippen LogP contribution < -0.4 is 10.2 Å². The van der Waals surface area contributed by atoms with E-state index in [1.807, 2.05) is 42.5 Å². The maximum atomic E-state index is 12.7. The highest BCUT2D eigenvalue weighted by Gasteiger charge is 2.38. The first-order valence-electron chi connectivity index (χ1n) is 8.02. The molecule has 6 heteroatoms. The molecule has 0 spiro atoms. The average Bonchev–Trinajstić information content (AvgIpc) is 3.23. The number of likely N-dealkylation sites (N-methyl/N-ethyl adjacent to an activating group) is 1. The second kappa shape index (κ2) is 6.93. The topological polar surface area (TPSA) is 52.7 Å². The second-order valence-electron chi connectivity index (χ2n) is 6.20. The number of amides is 2. The fourth-order valence-corrected chi connectivity index (χ4v) is 3.73. The molecule has 0 bridgehead atoms. The normalized spacial score (nSPS) is 24.3. The van der Waals surface area contributed by atoms with E-state index in [4.69, 9.17) is 0 Å². The summed E-state index contributed by atoms with van der Waals surface area (Å²) in [4.78, 5) is 29.7. The Labute approximate surface area is 141 Å². The van der Waals surface area contributed by atoms with Gasteiger partial charge in [-0.1, -0.05) is 0 Å². The third kappa shape index (κ3) is 3.38. The van der Waals surface area contributed by atoms with Gasteiger partial charge in [0.25, 0.3) is 0 Å². The molecular weight excluding hydrogens is 310 g/mol. The van der Waals surface area contributed by atoms with Crippen LogP contribution in [-0.4, -0.2) is 55.7 Å². The van der Waals surface area contributed by atoms with E-state index < -0.39 is 0 Å². The smallest absolute Gasteiger partial charge is 0.228 e. The Kier molecular flexibility index (Phi) is 4.92. The lowest BCUT2D eigenvalue weighted by Gasteiger charge is -2.26. The first-order valence-corrected chi connectivity index (χ1v) is 9.24. The van der Waals surface area contributed by atoms with Crippen molar-refractivity contribution in [1.82, 2.24) is 10.2 Å². The molecule has 0 aliphatic carbocycles. The summed E-state index contributed by atoms with van der Waals surface area (Å²) in [5, 5.41) is 3.28. The number of hydrogen-bond acceptors (Lipinski definition) is 4. The summed E-state index contributed by atoms with van der Waals surface area (Å²) in [6.07, 6.45) is 3.33. The molecule has 2 aliphatic heterocycles. The Balaban J connectivity index is 1.67. The molecule has 23 heavy (non-hydrogen) atoms. The summed E-state index contributed by atoms with van der Waals surface area (Å²) < 4.78 is 0. The quantitative estimate of drug-likeness (QED) is 0.850. The lowest BCUT2D eigenvalue weighted by Crippen LogP contribution is -2.42. The van der Waals surface area contributed by atoms with Crippen LogP contribution in [0.1, 0.15) is 12.8 Å². The minimum Gasteiger partial charge on any atom is -0.341 e. The number of benzene rings is 1. The van der Waals surface area contributed by atoms with Gasteiger partial charge in [-0.2, -0.15) is 0 Å². The van der Waals surface area contributed by atoms with Gasteiger partial charge in [0.15, 0.2) is 0 Å². The number of thioether (sulfide) groups is 1. The fraction of sp³-hybridized carbons (Fsp3) is 0.529. The van der Waals surface area contributed by atoms with Crippen LogP contribution in [0.3, 0.4) is 0 Å². The molecule has 2 saturated heterocycles. The monoisotopic (exact) mass is 333 g/mol. The Hall–Kier alpha value is -1.53. The van der Waals surface area contributed by atoms with Crippen molar-refractivity contribution in [3.05, 3.63) is 24.3 Å². The number of nitrogens with one attached hydrogen (secondary N) is 1. The van der Waals surface area contributed by atoms with Crippen molar-refractivity contribution in [2.75, 3.05) is 37.8 Å². The molecule has 0 saturated carbocycles. The molecule has 1 aromatic carbocycles. The van der Waals surface area contributed by atoms with Gasteiger partial charge in [-0.15, -0.1) is 11.8 Å². The average molecular weight is 333 g/mol. The van der Waals surface area contributed by atoms with Crippen molar-refractivity contribution in [3.63, 3.8) is 0 Å². The first-order chi connectivity index (χ1) is 11.1. The predicted molar refractivity (Wildman–Crippen MR) is 92.7 cm³/mol. The van der Waals surface area contributed by atoms with Crippen LogP contribution in [0.5, 0.6) is 0 Å². The number of carbonyl (C=O) groups excluding carboxylic acids is 2. The molecule has 0 aromatic heterocycles. The van der Waals surface area contributed by atoms with Crippen LogP contribution in [0.2, 0.25) is 0 Å². The fourth-order valence-electron chi connectivity index (χ4n) is 3.32. The summed E-state index contributed by atoms with van der Waals surface area (Å²) in [6.45, 7) is 2.29. The Morgan fingerprint density at radius 3 is 2.70 bits per heavy atom.